The standard InChI is InChI=1S/C18H22FN5O2/c1-4-5-8-24-14(21-15-16(20)22-18(19)23-17(15)24)10-11-9-12(25-2)6-7-13(11)26-3/h6-7,9H,4-5,8,10H2,1-3H3,(H2,20,22,23). The Kier molecular flexibility index (Phi) is 5.20. The topological polar surface area (TPSA) is 88.1 Å². The van der Waals surface area contributed by atoms with Gasteiger partial charge in [0.2, 0.25) is 0 Å². The third kappa shape index (κ3) is 3.40. The maximum absolute atomic E-state index is 13.7. The number of nitrogens with two attached hydrogens (primary N) is 1. The van der Waals surface area contributed by atoms with Gasteiger partial charge in [-0.3, -0.25) is 0 Å². The molecule has 0 atom stereocenters. The summed E-state index contributed by atoms with van der Waals surface area (Å²) in [4.78, 5) is 12.1. The minimum absolute atomic E-state index is 0.0432. The van der Waals surface area contributed by atoms with E-state index in [0.717, 1.165) is 35.7 Å². The van der Waals surface area contributed by atoms with E-state index in [1.54, 1.807) is 14.2 Å². The number of fused-ring (bicyclic) bond motifs is 1. The number of benzene rings is 1. The first kappa shape index (κ1) is 17.9. The zero-order chi connectivity index (χ0) is 18.7. The first-order chi connectivity index (χ1) is 12.6. The summed E-state index contributed by atoms with van der Waals surface area (Å²) >= 11 is 0. The van der Waals surface area contributed by atoms with Crippen LogP contribution in [0.25, 0.3) is 11.2 Å². The molecule has 0 aliphatic carbocycles. The monoisotopic (exact) mass is 359 g/mol. The number of unbranched alkanes of at least 4 members (excludes halogenated alkanes) is 1. The van der Waals surface area contributed by atoms with Crippen LogP contribution in [0.2, 0.25) is 0 Å². The van der Waals surface area contributed by atoms with Crippen LogP contribution in [-0.4, -0.2) is 33.7 Å². The van der Waals surface area contributed by atoms with Gasteiger partial charge >= 0.3 is 6.08 Å². The van der Waals surface area contributed by atoms with Gasteiger partial charge in [-0.15, -0.1) is 0 Å². The highest BCUT2D eigenvalue weighted by molar-refractivity contribution is 5.82. The summed E-state index contributed by atoms with van der Waals surface area (Å²) in [6.07, 6.45) is 1.53. The number of aromatic nitrogens is 4. The van der Waals surface area contributed by atoms with E-state index in [4.69, 9.17) is 15.2 Å². The maximum Gasteiger partial charge on any atom is 0.312 e. The molecule has 0 bridgehead atoms. The Morgan fingerprint density at radius 2 is 1.96 bits per heavy atom. The predicted octanol–water partition coefficient (Wildman–Crippen LogP) is 2.96. The lowest BCUT2D eigenvalue weighted by molar-refractivity contribution is 0.399. The van der Waals surface area contributed by atoms with Crippen LogP contribution in [0.15, 0.2) is 18.2 Å². The maximum atomic E-state index is 13.7. The fourth-order valence-electron chi connectivity index (χ4n) is 2.92. The average molecular weight is 359 g/mol. The molecule has 0 aliphatic heterocycles. The van der Waals surface area contributed by atoms with E-state index in [0.29, 0.717) is 24.1 Å². The summed E-state index contributed by atoms with van der Waals surface area (Å²) in [6.45, 7) is 2.76. The molecule has 138 valence electrons. The molecule has 2 heterocycles. The van der Waals surface area contributed by atoms with Crippen molar-refractivity contribution in [1.82, 2.24) is 19.5 Å². The van der Waals surface area contributed by atoms with Crippen molar-refractivity contribution >= 4 is 17.0 Å². The minimum atomic E-state index is -0.849. The molecular weight excluding hydrogens is 337 g/mol. The molecular formula is C18H22FN5O2. The van der Waals surface area contributed by atoms with Gasteiger partial charge in [0.25, 0.3) is 0 Å². The lowest BCUT2D eigenvalue weighted by Crippen LogP contribution is -2.07. The molecule has 0 spiro atoms. The second-order valence-corrected chi connectivity index (χ2v) is 5.94. The van der Waals surface area contributed by atoms with Gasteiger partial charge in [-0.05, 0) is 24.6 Å². The van der Waals surface area contributed by atoms with E-state index in [2.05, 4.69) is 21.9 Å². The number of nitrogen functional groups attached to an aromatic ring is 1. The second kappa shape index (κ2) is 7.55. The first-order valence-electron chi connectivity index (χ1n) is 8.46. The van der Waals surface area contributed by atoms with Crippen LogP contribution in [0.5, 0.6) is 11.5 Å². The largest absolute Gasteiger partial charge is 0.497 e. The predicted molar refractivity (Wildman–Crippen MR) is 97.0 cm³/mol. The number of anilines is 1. The zero-order valence-electron chi connectivity index (χ0n) is 15.1. The summed E-state index contributed by atoms with van der Waals surface area (Å²) in [5.74, 6) is 2.22. The molecule has 1 aromatic carbocycles. The number of nitrogens with zero attached hydrogens (tertiary/aromatic N) is 4. The molecule has 0 unspecified atom stereocenters. The quantitative estimate of drug-likeness (QED) is 0.653. The van der Waals surface area contributed by atoms with Gasteiger partial charge in [-0.25, -0.2) is 4.98 Å². The fourth-order valence-corrected chi connectivity index (χ4v) is 2.92. The van der Waals surface area contributed by atoms with Crippen molar-refractivity contribution in [3.63, 3.8) is 0 Å². The van der Waals surface area contributed by atoms with Gasteiger partial charge in [-0.1, -0.05) is 13.3 Å². The van der Waals surface area contributed by atoms with E-state index < -0.39 is 6.08 Å². The summed E-state index contributed by atoms with van der Waals surface area (Å²) in [5.41, 5.74) is 7.59. The second-order valence-electron chi connectivity index (χ2n) is 5.94. The number of aryl methyl sites for hydroxylation is 1. The van der Waals surface area contributed by atoms with Gasteiger partial charge in [-0.2, -0.15) is 14.4 Å². The molecule has 0 radical (unpaired) electrons. The van der Waals surface area contributed by atoms with E-state index in [1.807, 2.05) is 22.8 Å². The van der Waals surface area contributed by atoms with Gasteiger partial charge in [0.1, 0.15) is 17.3 Å². The van der Waals surface area contributed by atoms with E-state index in [9.17, 15) is 4.39 Å². The van der Waals surface area contributed by atoms with Crippen molar-refractivity contribution < 1.29 is 13.9 Å². The number of rotatable bonds is 7. The van der Waals surface area contributed by atoms with Gasteiger partial charge < -0.3 is 19.8 Å². The van der Waals surface area contributed by atoms with Crippen molar-refractivity contribution in [2.75, 3.05) is 20.0 Å². The molecule has 2 aromatic heterocycles. The van der Waals surface area contributed by atoms with Crippen LogP contribution in [0.4, 0.5) is 10.2 Å². The Morgan fingerprint density at radius 3 is 2.65 bits per heavy atom. The molecule has 26 heavy (non-hydrogen) atoms. The molecule has 0 amide bonds. The summed E-state index contributed by atoms with van der Waals surface area (Å²) in [5, 5.41) is 0. The van der Waals surface area contributed by atoms with Crippen molar-refractivity contribution in [2.24, 2.45) is 0 Å². The summed E-state index contributed by atoms with van der Waals surface area (Å²) in [7, 11) is 3.23. The van der Waals surface area contributed by atoms with Crippen LogP contribution in [0.1, 0.15) is 31.2 Å². The third-order valence-electron chi connectivity index (χ3n) is 4.24. The third-order valence-corrected chi connectivity index (χ3v) is 4.24. The molecule has 7 nitrogen and oxygen atoms in total. The van der Waals surface area contributed by atoms with Crippen molar-refractivity contribution in [3.8, 4) is 11.5 Å². The van der Waals surface area contributed by atoms with Gasteiger partial charge in [0.05, 0.1) is 14.2 Å². The van der Waals surface area contributed by atoms with Crippen molar-refractivity contribution in [2.45, 2.75) is 32.7 Å². The minimum Gasteiger partial charge on any atom is -0.497 e. The Bertz CT molecular complexity index is 926. The van der Waals surface area contributed by atoms with Gasteiger partial charge in [0, 0.05) is 18.5 Å². The Morgan fingerprint density at radius 1 is 1.15 bits per heavy atom. The molecule has 0 saturated heterocycles. The van der Waals surface area contributed by atoms with Crippen LogP contribution in [0, 0.1) is 6.08 Å². The average Bonchev–Trinajstić information content (AvgIpc) is 2.97. The van der Waals surface area contributed by atoms with Crippen LogP contribution >= 0.6 is 0 Å². The number of ether oxygens (including phenoxy) is 2. The molecule has 3 aromatic rings. The lowest BCUT2D eigenvalue weighted by atomic mass is 10.1. The lowest BCUT2D eigenvalue weighted by Gasteiger charge is -2.12. The number of halogens is 1. The van der Waals surface area contributed by atoms with E-state index in [-0.39, 0.29) is 5.82 Å². The van der Waals surface area contributed by atoms with Crippen LogP contribution < -0.4 is 15.2 Å². The fraction of sp³-hybridized carbons (Fsp3) is 0.389. The normalized spacial score (nSPS) is 11.1. The molecule has 0 fully saturated rings. The SMILES string of the molecule is CCCCn1c(Cc2cc(OC)ccc2OC)nc2c(N)nc(F)nc21. The first-order valence-corrected chi connectivity index (χ1v) is 8.46. The Labute approximate surface area is 151 Å². The Balaban J connectivity index is 2.11. The van der Waals surface area contributed by atoms with Crippen LogP contribution in [-0.2, 0) is 13.0 Å². The molecule has 0 aliphatic rings. The summed E-state index contributed by atoms with van der Waals surface area (Å²) < 4.78 is 26.3. The molecule has 3 rings (SSSR count). The smallest absolute Gasteiger partial charge is 0.312 e. The van der Waals surface area contributed by atoms with E-state index in [1.165, 1.54) is 0 Å². The van der Waals surface area contributed by atoms with E-state index >= 15 is 0 Å². The highest BCUT2D eigenvalue weighted by atomic mass is 19.1. The molecule has 0 saturated carbocycles. The molecule has 2 N–H and O–H groups in total. The van der Waals surface area contributed by atoms with Crippen molar-refractivity contribution in [1.29, 1.82) is 0 Å². The number of imidazole rings is 1. The highest BCUT2D eigenvalue weighted by Gasteiger charge is 2.18. The van der Waals surface area contributed by atoms with Gasteiger partial charge in [0.15, 0.2) is 17.0 Å². The number of hydrogen-bond acceptors (Lipinski definition) is 6. The number of methoxy groups -OCH3 is 2. The highest BCUT2D eigenvalue weighted by Crippen LogP contribution is 2.28. The van der Waals surface area contributed by atoms with Crippen LogP contribution in [0.3, 0.4) is 0 Å². The number of hydrogen-bond donors (Lipinski definition) is 1. The Hall–Kier alpha value is -2.90. The zero-order valence-corrected chi connectivity index (χ0v) is 15.1. The van der Waals surface area contributed by atoms with Crippen molar-refractivity contribution in [3.05, 3.63) is 35.7 Å². The summed E-state index contributed by atoms with van der Waals surface area (Å²) in [6, 6.07) is 5.58. The molecule has 8 heteroatoms.